The minimum atomic E-state index is 0.0412. The largest absolute Gasteiger partial charge is 0.335 e. The molecule has 0 spiro atoms. The molecule has 5 nitrogen and oxygen atoms in total. The molecule has 1 fully saturated rings. The van der Waals surface area contributed by atoms with Crippen molar-refractivity contribution in [2.45, 2.75) is 57.7 Å². The first-order chi connectivity index (χ1) is 9.16. The lowest BCUT2D eigenvalue weighted by atomic mass is 9.95. The van der Waals surface area contributed by atoms with E-state index in [2.05, 4.69) is 10.3 Å². The van der Waals surface area contributed by atoms with Gasteiger partial charge < -0.3 is 14.8 Å². The van der Waals surface area contributed by atoms with Gasteiger partial charge in [-0.2, -0.15) is 0 Å². The van der Waals surface area contributed by atoms with Crippen molar-refractivity contribution in [1.29, 1.82) is 0 Å². The number of nitrogens with one attached hydrogen (secondary N) is 1. The molecule has 5 heteroatoms. The minimum Gasteiger partial charge on any atom is -0.335 e. The number of carbonyl (C=O) groups excluding carboxylic acids is 1. The van der Waals surface area contributed by atoms with Gasteiger partial charge in [-0.05, 0) is 19.8 Å². The van der Waals surface area contributed by atoms with Gasteiger partial charge in [-0.25, -0.2) is 9.78 Å². The van der Waals surface area contributed by atoms with Gasteiger partial charge in [-0.1, -0.05) is 19.3 Å². The highest BCUT2D eigenvalue weighted by Crippen LogP contribution is 2.21. The number of rotatable bonds is 4. The molecular formula is C14H24N4O. The van der Waals surface area contributed by atoms with Gasteiger partial charge in [-0.15, -0.1) is 0 Å². The first-order valence-electron chi connectivity index (χ1n) is 7.16. The molecule has 0 aliphatic heterocycles. The molecule has 1 aromatic rings. The van der Waals surface area contributed by atoms with Crippen molar-refractivity contribution in [3.8, 4) is 0 Å². The Kier molecular flexibility index (Phi) is 4.82. The van der Waals surface area contributed by atoms with E-state index in [1.54, 1.807) is 12.5 Å². The van der Waals surface area contributed by atoms with Gasteiger partial charge in [0.2, 0.25) is 0 Å². The molecule has 0 aromatic carbocycles. The Labute approximate surface area is 115 Å². The number of carbonyl (C=O) groups is 1. The molecule has 106 valence electrons. The Hall–Kier alpha value is -1.52. The zero-order chi connectivity index (χ0) is 13.7. The van der Waals surface area contributed by atoms with E-state index in [0.29, 0.717) is 6.04 Å². The Bertz CT molecular complexity index is 384. The number of nitrogens with zero attached hydrogens (tertiary/aromatic N) is 3. The van der Waals surface area contributed by atoms with Crippen LogP contribution in [0.5, 0.6) is 0 Å². The van der Waals surface area contributed by atoms with Crippen molar-refractivity contribution in [3.63, 3.8) is 0 Å². The van der Waals surface area contributed by atoms with Crippen LogP contribution < -0.4 is 5.32 Å². The summed E-state index contributed by atoms with van der Waals surface area (Å²) in [6.07, 6.45) is 11.5. The van der Waals surface area contributed by atoms with Gasteiger partial charge in [0.15, 0.2) is 0 Å². The van der Waals surface area contributed by atoms with Crippen LogP contribution in [-0.4, -0.2) is 39.6 Å². The summed E-state index contributed by atoms with van der Waals surface area (Å²) in [5.74, 6) is 0. The summed E-state index contributed by atoms with van der Waals surface area (Å²) in [4.78, 5) is 18.1. The van der Waals surface area contributed by atoms with Crippen molar-refractivity contribution >= 4 is 6.03 Å². The average molecular weight is 264 g/mol. The molecule has 0 bridgehead atoms. The molecule has 0 radical (unpaired) electrons. The van der Waals surface area contributed by atoms with Gasteiger partial charge in [0.1, 0.15) is 0 Å². The molecule has 1 saturated carbocycles. The molecule has 1 aromatic heterocycles. The fraction of sp³-hybridized carbons (Fsp3) is 0.714. The van der Waals surface area contributed by atoms with Crippen LogP contribution in [0.25, 0.3) is 0 Å². The van der Waals surface area contributed by atoms with Crippen LogP contribution in [0.4, 0.5) is 4.79 Å². The van der Waals surface area contributed by atoms with Crippen LogP contribution >= 0.6 is 0 Å². The summed E-state index contributed by atoms with van der Waals surface area (Å²) in [6.45, 7) is 2.77. The Morgan fingerprint density at radius 1 is 1.47 bits per heavy atom. The van der Waals surface area contributed by atoms with Crippen LogP contribution in [0.2, 0.25) is 0 Å². The summed E-state index contributed by atoms with van der Waals surface area (Å²) >= 11 is 0. The topological polar surface area (TPSA) is 50.2 Å². The van der Waals surface area contributed by atoms with Crippen LogP contribution in [0, 0.1) is 0 Å². The van der Waals surface area contributed by atoms with Crippen LogP contribution in [0.3, 0.4) is 0 Å². The molecule has 1 aliphatic carbocycles. The SMILES string of the molecule is CC(Cn1ccnc1)NC(=O)N(C)C1CCCCC1. The lowest BCUT2D eigenvalue weighted by Crippen LogP contribution is -2.48. The number of imidazole rings is 1. The van der Waals surface area contributed by atoms with Gasteiger partial charge in [0.05, 0.1) is 6.33 Å². The fourth-order valence-corrected chi connectivity index (χ4v) is 2.70. The standard InChI is InChI=1S/C14H24N4O/c1-12(10-18-9-8-15-11-18)16-14(19)17(2)13-6-4-3-5-7-13/h8-9,11-13H,3-7,10H2,1-2H3,(H,16,19). The molecular weight excluding hydrogens is 240 g/mol. The third kappa shape index (κ3) is 3.98. The van der Waals surface area contributed by atoms with E-state index >= 15 is 0 Å². The summed E-state index contributed by atoms with van der Waals surface area (Å²) in [6, 6.07) is 0.557. The first kappa shape index (κ1) is 13.9. The molecule has 2 rings (SSSR count). The van der Waals surface area contributed by atoms with Gasteiger partial charge in [-0.3, -0.25) is 0 Å². The third-order valence-electron chi connectivity index (χ3n) is 3.86. The maximum atomic E-state index is 12.2. The molecule has 1 N–H and O–H groups in total. The smallest absolute Gasteiger partial charge is 0.317 e. The molecule has 1 heterocycles. The molecule has 19 heavy (non-hydrogen) atoms. The number of urea groups is 1. The van der Waals surface area contributed by atoms with Crippen molar-refractivity contribution < 1.29 is 4.79 Å². The van der Waals surface area contributed by atoms with Gasteiger partial charge >= 0.3 is 6.03 Å². The Balaban J connectivity index is 1.79. The molecule has 1 atom stereocenters. The highest BCUT2D eigenvalue weighted by Gasteiger charge is 2.22. The van der Waals surface area contributed by atoms with Crippen LogP contribution in [0.15, 0.2) is 18.7 Å². The average Bonchev–Trinajstić information content (AvgIpc) is 2.91. The summed E-state index contributed by atoms with van der Waals surface area (Å²) in [5, 5.41) is 3.05. The Morgan fingerprint density at radius 2 is 2.21 bits per heavy atom. The van der Waals surface area contributed by atoms with E-state index in [1.807, 2.05) is 29.6 Å². The second-order valence-corrected chi connectivity index (χ2v) is 5.51. The molecule has 1 aliphatic rings. The second-order valence-electron chi connectivity index (χ2n) is 5.51. The molecule has 2 amide bonds. The summed E-state index contributed by atoms with van der Waals surface area (Å²) in [7, 11) is 1.91. The van der Waals surface area contributed by atoms with E-state index in [4.69, 9.17) is 0 Å². The van der Waals surface area contributed by atoms with E-state index in [-0.39, 0.29) is 12.1 Å². The maximum Gasteiger partial charge on any atom is 0.317 e. The third-order valence-corrected chi connectivity index (χ3v) is 3.86. The Morgan fingerprint density at radius 3 is 2.84 bits per heavy atom. The predicted octanol–water partition coefficient (Wildman–Crippen LogP) is 2.25. The zero-order valence-electron chi connectivity index (χ0n) is 11.9. The lowest BCUT2D eigenvalue weighted by molar-refractivity contribution is 0.170. The highest BCUT2D eigenvalue weighted by molar-refractivity contribution is 5.74. The predicted molar refractivity (Wildman–Crippen MR) is 74.9 cm³/mol. The van der Waals surface area contributed by atoms with Crippen molar-refractivity contribution in [2.24, 2.45) is 0 Å². The molecule has 1 unspecified atom stereocenters. The van der Waals surface area contributed by atoms with Crippen LogP contribution in [-0.2, 0) is 6.54 Å². The van der Waals surface area contributed by atoms with Crippen molar-refractivity contribution in [3.05, 3.63) is 18.7 Å². The lowest BCUT2D eigenvalue weighted by Gasteiger charge is -2.32. The van der Waals surface area contributed by atoms with E-state index in [0.717, 1.165) is 19.4 Å². The zero-order valence-corrected chi connectivity index (χ0v) is 11.9. The van der Waals surface area contributed by atoms with E-state index in [9.17, 15) is 4.79 Å². The fourth-order valence-electron chi connectivity index (χ4n) is 2.70. The quantitative estimate of drug-likeness (QED) is 0.906. The van der Waals surface area contributed by atoms with Crippen LogP contribution in [0.1, 0.15) is 39.0 Å². The maximum absolute atomic E-state index is 12.2. The van der Waals surface area contributed by atoms with E-state index < -0.39 is 0 Å². The minimum absolute atomic E-state index is 0.0412. The molecule has 0 saturated heterocycles. The second kappa shape index (κ2) is 6.59. The number of amides is 2. The monoisotopic (exact) mass is 264 g/mol. The van der Waals surface area contributed by atoms with Gasteiger partial charge in [0, 0.05) is 38.1 Å². The summed E-state index contributed by atoms with van der Waals surface area (Å²) < 4.78 is 1.98. The van der Waals surface area contributed by atoms with Gasteiger partial charge in [0.25, 0.3) is 0 Å². The summed E-state index contributed by atoms with van der Waals surface area (Å²) in [5.41, 5.74) is 0. The number of aromatic nitrogens is 2. The first-order valence-corrected chi connectivity index (χ1v) is 7.16. The normalized spacial score (nSPS) is 18.0. The number of hydrogen-bond donors (Lipinski definition) is 1. The van der Waals surface area contributed by atoms with E-state index in [1.165, 1.54) is 19.3 Å². The van der Waals surface area contributed by atoms with Crippen molar-refractivity contribution in [1.82, 2.24) is 19.8 Å². The van der Waals surface area contributed by atoms with Crippen molar-refractivity contribution in [2.75, 3.05) is 7.05 Å². The highest BCUT2D eigenvalue weighted by atomic mass is 16.2. The number of hydrogen-bond acceptors (Lipinski definition) is 2.